The van der Waals surface area contributed by atoms with E-state index in [1.54, 1.807) is 0 Å². The Hall–Kier alpha value is -0.300. The minimum absolute atomic E-state index is 0.0942. The summed E-state index contributed by atoms with van der Waals surface area (Å²) in [6, 6.07) is 0. The van der Waals surface area contributed by atoms with Gasteiger partial charge < -0.3 is 4.74 Å². The third-order valence-electron chi connectivity index (χ3n) is 4.04. The van der Waals surface area contributed by atoms with Crippen molar-refractivity contribution in [2.75, 3.05) is 0 Å². The topological polar surface area (TPSA) is 9.23 Å². The molecule has 0 N–H and O–H groups in total. The maximum absolute atomic E-state index is 6.40. The minimum atomic E-state index is -0.113. The molecule has 0 aliphatic heterocycles. The van der Waals surface area contributed by atoms with E-state index in [9.17, 15) is 0 Å². The van der Waals surface area contributed by atoms with Crippen LogP contribution in [0.15, 0.2) is 12.7 Å². The first kappa shape index (κ1) is 20.7. The first-order chi connectivity index (χ1) is 9.89. The highest BCUT2D eigenvalue weighted by Gasteiger charge is 2.31. The summed E-state index contributed by atoms with van der Waals surface area (Å²) in [6.07, 6.45) is 16.2. The van der Waals surface area contributed by atoms with Crippen LogP contribution < -0.4 is 0 Å². The van der Waals surface area contributed by atoms with E-state index >= 15 is 0 Å². The lowest BCUT2D eigenvalue weighted by Crippen LogP contribution is -2.38. The molecule has 0 saturated carbocycles. The van der Waals surface area contributed by atoms with Gasteiger partial charge in [-0.25, -0.2) is 0 Å². The molecular weight excluding hydrogens is 256 g/mol. The number of hydrogen-bond donors (Lipinski definition) is 0. The number of hydrogen-bond acceptors (Lipinski definition) is 1. The van der Waals surface area contributed by atoms with E-state index in [2.05, 4.69) is 47.3 Å². The van der Waals surface area contributed by atoms with Gasteiger partial charge in [-0.3, -0.25) is 0 Å². The van der Waals surface area contributed by atoms with Gasteiger partial charge in [-0.2, -0.15) is 0 Å². The molecule has 0 fully saturated rings. The fourth-order valence-electron chi connectivity index (χ4n) is 2.94. The van der Waals surface area contributed by atoms with Crippen LogP contribution in [0.4, 0.5) is 0 Å². The Bertz CT molecular complexity index is 251. The Morgan fingerprint density at radius 2 is 1.24 bits per heavy atom. The van der Waals surface area contributed by atoms with Crippen molar-refractivity contribution < 1.29 is 4.74 Å². The molecule has 0 bridgehead atoms. The second-order valence-electron chi connectivity index (χ2n) is 7.46. The van der Waals surface area contributed by atoms with E-state index in [0.717, 1.165) is 12.8 Å². The van der Waals surface area contributed by atoms with Gasteiger partial charge in [0.05, 0.1) is 11.2 Å². The van der Waals surface area contributed by atoms with Crippen molar-refractivity contribution in [2.24, 2.45) is 0 Å². The zero-order valence-electron chi connectivity index (χ0n) is 15.5. The molecule has 0 spiro atoms. The maximum atomic E-state index is 6.40. The zero-order valence-corrected chi connectivity index (χ0v) is 15.5. The standard InChI is InChI=1S/C20H40O/c1-7-10-12-13-14-15-16-18-20(9-3,17-11-8-2)21-19(4,5)6/h9H,3,7-8,10-18H2,1-2,4-6H3. The van der Waals surface area contributed by atoms with Crippen LogP contribution in [-0.2, 0) is 4.74 Å². The monoisotopic (exact) mass is 296 g/mol. The molecule has 126 valence electrons. The number of rotatable bonds is 13. The fourth-order valence-corrected chi connectivity index (χ4v) is 2.94. The smallest absolute Gasteiger partial charge is 0.0867 e. The average molecular weight is 297 g/mol. The molecule has 0 saturated heterocycles. The molecule has 1 unspecified atom stereocenters. The van der Waals surface area contributed by atoms with Crippen molar-refractivity contribution in [3.63, 3.8) is 0 Å². The van der Waals surface area contributed by atoms with E-state index in [0.29, 0.717) is 0 Å². The molecular formula is C20H40O. The molecule has 0 aromatic carbocycles. The molecule has 0 aliphatic carbocycles. The SMILES string of the molecule is C=CC(CCCC)(CCCCCCCCC)OC(C)(C)C. The highest BCUT2D eigenvalue weighted by atomic mass is 16.5. The Morgan fingerprint density at radius 1 is 0.762 bits per heavy atom. The van der Waals surface area contributed by atoms with Crippen LogP contribution >= 0.6 is 0 Å². The van der Waals surface area contributed by atoms with Crippen LogP contribution in [0.3, 0.4) is 0 Å². The van der Waals surface area contributed by atoms with Crippen molar-refractivity contribution in [1.82, 2.24) is 0 Å². The Labute approximate surface area is 134 Å². The largest absolute Gasteiger partial charge is 0.365 e. The summed E-state index contributed by atoms with van der Waals surface area (Å²) in [5.74, 6) is 0. The first-order valence-electron chi connectivity index (χ1n) is 9.23. The van der Waals surface area contributed by atoms with Crippen LogP contribution in [0.1, 0.15) is 105 Å². The molecule has 0 aromatic rings. The molecule has 1 nitrogen and oxygen atoms in total. The Balaban J connectivity index is 4.23. The molecule has 0 heterocycles. The molecule has 0 radical (unpaired) electrons. The van der Waals surface area contributed by atoms with Crippen molar-refractivity contribution in [3.05, 3.63) is 12.7 Å². The highest BCUT2D eigenvalue weighted by Crippen LogP contribution is 2.32. The lowest BCUT2D eigenvalue weighted by molar-refractivity contribution is -0.114. The van der Waals surface area contributed by atoms with E-state index in [1.807, 2.05) is 0 Å². The van der Waals surface area contributed by atoms with E-state index in [4.69, 9.17) is 4.74 Å². The van der Waals surface area contributed by atoms with E-state index < -0.39 is 0 Å². The molecule has 0 aromatic heterocycles. The lowest BCUT2D eigenvalue weighted by Gasteiger charge is -2.38. The Morgan fingerprint density at radius 3 is 1.71 bits per heavy atom. The van der Waals surface area contributed by atoms with Gasteiger partial charge in [0.1, 0.15) is 0 Å². The first-order valence-corrected chi connectivity index (χ1v) is 9.23. The summed E-state index contributed by atoms with van der Waals surface area (Å²) < 4.78 is 6.40. The summed E-state index contributed by atoms with van der Waals surface area (Å²) in [5.41, 5.74) is -0.208. The van der Waals surface area contributed by atoms with Gasteiger partial charge in [0.25, 0.3) is 0 Å². The quantitative estimate of drug-likeness (QED) is 0.261. The van der Waals surface area contributed by atoms with Crippen LogP contribution in [-0.4, -0.2) is 11.2 Å². The van der Waals surface area contributed by atoms with Gasteiger partial charge in [-0.05, 0) is 33.6 Å². The third-order valence-corrected chi connectivity index (χ3v) is 4.04. The zero-order chi connectivity index (χ0) is 16.2. The maximum Gasteiger partial charge on any atom is 0.0867 e. The van der Waals surface area contributed by atoms with Crippen LogP contribution in [0.25, 0.3) is 0 Å². The highest BCUT2D eigenvalue weighted by molar-refractivity contribution is 4.98. The number of ether oxygens (including phenoxy) is 1. The molecule has 1 atom stereocenters. The Kier molecular flexibility index (Phi) is 11.1. The molecule has 0 aliphatic rings. The molecule has 0 amide bonds. The predicted molar refractivity (Wildman–Crippen MR) is 95.9 cm³/mol. The summed E-state index contributed by atoms with van der Waals surface area (Å²) in [7, 11) is 0. The fraction of sp³-hybridized carbons (Fsp3) is 0.900. The summed E-state index contributed by atoms with van der Waals surface area (Å²) in [5, 5.41) is 0. The second kappa shape index (κ2) is 11.3. The van der Waals surface area contributed by atoms with Gasteiger partial charge in [-0.15, -0.1) is 6.58 Å². The number of unbranched alkanes of at least 4 members (excludes halogenated alkanes) is 7. The summed E-state index contributed by atoms with van der Waals surface area (Å²) >= 11 is 0. The lowest BCUT2D eigenvalue weighted by atomic mass is 9.89. The minimum Gasteiger partial charge on any atom is -0.365 e. The van der Waals surface area contributed by atoms with Crippen molar-refractivity contribution in [1.29, 1.82) is 0 Å². The summed E-state index contributed by atoms with van der Waals surface area (Å²) in [4.78, 5) is 0. The summed E-state index contributed by atoms with van der Waals surface area (Å²) in [6.45, 7) is 15.1. The van der Waals surface area contributed by atoms with E-state index in [-0.39, 0.29) is 11.2 Å². The molecule has 0 rings (SSSR count). The predicted octanol–water partition coefficient (Wildman–Crippen LogP) is 7.06. The molecule has 1 heteroatoms. The third kappa shape index (κ3) is 11.0. The molecule has 21 heavy (non-hydrogen) atoms. The van der Waals surface area contributed by atoms with Crippen LogP contribution in [0.5, 0.6) is 0 Å². The van der Waals surface area contributed by atoms with Gasteiger partial charge in [0.2, 0.25) is 0 Å². The average Bonchev–Trinajstić information content (AvgIpc) is 2.42. The van der Waals surface area contributed by atoms with Gasteiger partial charge in [0, 0.05) is 0 Å². The van der Waals surface area contributed by atoms with Gasteiger partial charge in [0.15, 0.2) is 0 Å². The van der Waals surface area contributed by atoms with Crippen molar-refractivity contribution >= 4 is 0 Å². The van der Waals surface area contributed by atoms with Crippen LogP contribution in [0, 0.1) is 0 Å². The normalized spacial score (nSPS) is 14.9. The van der Waals surface area contributed by atoms with Crippen LogP contribution in [0.2, 0.25) is 0 Å². The van der Waals surface area contributed by atoms with Crippen molar-refractivity contribution in [2.45, 2.75) is 116 Å². The van der Waals surface area contributed by atoms with Gasteiger partial charge in [-0.1, -0.05) is 77.7 Å². The van der Waals surface area contributed by atoms with E-state index in [1.165, 1.54) is 57.8 Å². The van der Waals surface area contributed by atoms with Crippen molar-refractivity contribution in [3.8, 4) is 0 Å². The second-order valence-corrected chi connectivity index (χ2v) is 7.46. The van der Waals surface area contributed by atoms with Gasteiger partial charge >= 0.3 is 0 Å².